The standard InChI is InChI=1S/C9H11N3O3/c1-6-2-3-10-9(8(6)12(14)15)11-4-7(13)5-11/h2-3,7,13H,4-5H2,1H3. The van der Waals surface area contributed by atoms with Crippen LogP contribution in [-0.4, -0.2) is 34.2 Å². The number of anilines is 1. The van der Waals surface area contributed by atoms with Gasteiger partial charge < -0.3 is 10.0 Å². The van der Waals surface area contributed by atoms with Gasteiger partial charge in [0.1, 0.15) is 0 Å². The number of aliphatic hydroxyl groups is 1. The molecule has 80 valence electrons. The van der Waals surface area contributed by atoms with Gasteiger partial charge in [0.25, 0.3) is 0 Å². The van der Waals surface area contributed by atoms with Gasteiger partial charge >= 0.3 is 5.69 Å². The van der Waals surface area contributed by atoms with E-state index in [1.54, 1.807) is 24.1 Å². The van der Waals surface area contributed by atoms with E-state index >= 15 is 0 Å². The second-order valence-electron chi connectivity index (χ2n) is 3.62. The lowest BCUT2D eigenvalue weighted by Crippen LogP contribution is -2.51. The Bertz CT molecular complexity index is 402. The lowest BCUT2D eigenvalue weighted by molar-refractivity contribution is -0.385. The van der Waals surface area contributed by atoms with E-state index in [9.17, 15) is 10.1 Å². The third-order valence-corrected chi connectivity index (χ3v) is 2.45. The summed E-state index contributed by atoms with van der Waals surface area (Å²) in [6, 6.07) is 1.61. The molecule has 0 atom stereocenters. The zero-order valence-electron chi connectivity index (χ0n) is 8.25. The molecular weight excluding hydrogens is 198 g/mol. The van der Waals surface area contributed by atoms with Gasteiger partial charge in [-0.1, -0.05) is 0 Å². The van der Waals surface area contributed by atoms with E-state index in [4.69, 9.17) is 5.11 Å². The summed E-state index contributed by atoms with van der Waals surface area (Å²) in [5.74, 6) is 0.352. The Morgan fingerprint density at radius 2 is 2.33 bits per heavy atom. The fraction of sp³-hybridized carbons (Fsp3) is 0.444. The molecule has 0 spiro atoms. The number of nitrogens with zero attached hydrogens (tertiary/aromatic N) is 3. The molecule has 1 saturated heterocycles. The van der Waals surface area contributed by atoms with Crippen LogP contribution in [0.4, 0.5) is 11.5 Å². The Morgan fingerprint density at radius 3 is 2.87 bits per heavy atom. The molecule has 0 radical (unpaired) electrons. The number of nitro groups is 1. The van der Waals surface area contributed by atoms with Gasteiger partial charge in [0.2, 0.25) is 5.82 Å². The predicted octanol–water partition coefficient (Wildman–Crippen LogP) is 0.479. The molecule has 0 aliphatic carbocycles. The molecule has 1 N–H and O–H groups in total. The van der Waals surface area contributed by atoms with Crippen LogP contribution >= 0.6 is 0 Å². The van der Waals surface area contributed by atoms with E-state index in [0.29, 0.717) is 24.5 Å². The summed E-state index contributed by atoms with van der Waals surface area (Å²) >= 11 is 0. The van der Waals surface area contributed by atoms with Gasteiger partial charge in [0.05, 0.1) is 11.0 Å². The minimum atomic E-state index is -0.428. The highest BCUT2D eigenvalue weighted by Crippen LogP contribution is 2.31. The smallest absolute Gasteiger partial charge is 0.314 e. The van der Waals surface area contributed by atoms with E-state index < -0.39 is 11.0 Å². The Kier molecular flexibility index (Phi) is 2.28. The van der Waals surface area contributed by atoms with Crippen molar-refractivity contribution in [1.82, 2.24) is 4.98 Å². The molecule has 0 unspecified atom stereocenters. The molecule has 1 fully saturated rings. The van der Waals surface area contributed by atoms with Gasteiger partial charge in [-0.15, -0.1) is 0 Å². The van der Waals surface area contributed by atoms with Gasteiger partial charge in [-0.05, 0) is 13.0 Å². The zero-order chi connectivity index (χ0) is 11.0. The number of β-amino-alcohol motifs (C(OH)–C–C–N with tert-alkyl or cyclic N) is 1. The maximum Gasteiger partial charge on any atom is 0.314 e. The summed E-state index contributed by atoms with van der Waals surface area (Å²) < 4.78 is 0. The van der Waals surface area contributed by atoms with Gasteiger partial charge in [0.15, 0.2) is 0 Å². The topological polar surface area (TPSA) is 79.5 Å². The second kappa shape index (κ2) is 3.47. The van der Waals surface area contributed by atoms with Crippen LogP contribution in [-0.2, 0) is 0 Å². The summed E-state index contributed by atoms with van der Waals surface area (Å²) in [5, 5.41) is 20.0. The van der Waals surface area contributed by atoms with E-state index in [-0.39, 0.29) is 5.69 Å². The van der Waals surface area contributed by atoms with Crippen LogP contribution in [0.3, 0.4) is 0 Å². The molecule has 0 aromatic carbocycles. The predicted molar refractivity (Wildman–Crippen MR) is 53.8 cm³/mol. The van der Waals surface area contributed by atoms with Crippen molar-refractivity contribution in [2.75, 3.05) is 18.0 Å². The summed E-state index contributed by atoms with van der Waals surface area (Å²) in [5.41, 5.74) is 0.621. The summed E-state index contributed by atoms with van der Waals surface area (Å²) in [6.45, 7) is 2.51. The Balaban J connectivity index is 2.38. The first-order valence-electron chi connectivity index (χ1n) is 4.62. The molecule has 0 amide bonds. The summed E-state index contributed by atoms with van der Waals surface area (Å²) in [6.07, 6.45) is 1.15. The molecular formula is C9H11N3O3. The van der Waals surface area contributed by atoms with Crippen molar-refractivity contribution in [3.8, 4) is 0 Å². The minimum Gasteiger partial charge on any atom is -0.389 e. The highest BCUT2D eigenvalue weighted by molar-refractivity contribution is 5.62. The SMILES string of the molecule is Cc1ccnc(N2CC(O)C2)c1[N+](=O)[O-]. The van der Waals surface area contributed by atoms with E-state index in [0.717, 1.165) is 0 Å². The number of hydrogen-bond donors (Lipinski definition) is 1. The van der Waals surface area contributed by atoms with Crippen LogP contribution < -0.4 is 4.90 Å². The van der Waals surface area contributed by atoms with Crippen LogP contribution in [0.15, 0.2) is 12.3 Å². The van der Waals surface area contributed by atoms with E-state index in [1.807, 2.05) is 0 Å². The highest BCUT2D eigenvalue weighted by Gasteiger charge is 2.31. The Hall–Kier alpha value is -1.69. The van der Waals surface area contributed by atoms with Crippen molar-refractivity contribution in [3.05, 3.63) is 27.9 Å². The van der Waals surface area contributed by atoms with Crippen LogP contribution in [0.2, 0.25) is 0 Å². The molecule has 0 bridgehead atoms. The number of aromatic nitrogens is 1. The first kappa shape index (κ1) is 9.85. The van der Waals surface area contributed by atoms with Crippen LogP contribution in [0.1, 0.15) is 5.56 Å². The normalized spacial score (nSPS) is 16.3. The molecule has 2 heterocycles. The average molecular weight is 209 g/mol. The van der Waals surface area contributed by atoms with Crippen molar-refractivity contribution in [2.45, 2.75) is 13.0 Å². The fourth-order valence-electron chi connectivity index (χ4n) is 1.62. The number of aliphatic hydroxyl groups excluding tert-OH is 1. The maximum atomic E-state index is 10.8. The first-order chi connectivity index (χ1) is 7.09. The van der Waals surface area contributed by atoms with Crippen LogP contribution in [0.25, 0.3) is 0 Å². The lowest BCUT2D eigenvalue weighted by atomic mass is 10.1. The summed E-state index contributed by atoms with van der Waals surface area (Å²) in [4.78, 5) is 16.1. The van der Waals surface area contributed by atoms with Crippen molar-refractivity contribution >= 4 is 11.5 Å². The number of pyridine rings is 1. The number of hydrogen-bond acceptors (Lipinski definition) is 5. The molecule has 1 aliphatic rings. The van der Waals surface area contributed by atoms with Crippen LogP contribution in [0.5, 0.6) is 0 Å². The monoisotopic (exact) mass is 209 g/mol. The van der Waals surface area contributed by atoms with E-state index in [1.165, 1.54) is 0 Å². The fourth-order valence-corrected chi connectivity index (χ4v) is 1.62. The third-order valence-electron chi connectivity index (χ3n) is 2.45. The van der Waals surface area contributed by atoms with Gasteiger partial charge in [-0.2, -0.15) is 0 Å². The Labute approximate surface area is 86.3 Å². The lowest BCUT2D eigenvalue weighted by Gasteiger charge is -2.36. The first-order valence-corrected chi connectivity index (χ1v) is 4.62. The van der Waals surface area contributed by atoms with Crippen molar-refractivity contribution in [2.24, 2.45) is 0 Å². The van der Waals surface area contributed by atoms with E-state index in [2.05, 4.69) is 4.98 Å². The zero-order valence-corrected chi connectivity index (χ0v) is 8.25. The summed E-state index contributed by atoms with van der Waals surface area (Å²) in [7, 11) is 0. The molecule has 1 aliphatic heterocycles. The Morgan fingerprint density at radius 1 is 1.67 bits per heavy atom. The maximum absolute atomic E-state index is 10.8. The second-order valence-corrected chi connectivity index (χ2v) is 3.62. The molecule has 6 nitrogen and oxygen atoms in total. The van der Waals surface area contributed by atoms with Crippen molar-refractivity contribution in [3.63, 3.8) is 0 Å². The third kappa shape index (κ3) is 1.63. The molecule has 6 heteroatoms. The number of rotatable bonds is 2. The number of aryl methyl sites for hydroxylation is 1. The average Bonchev–Trinajstić information content (AvgIpc) is 2.12. The van der Waals surface area contributed by atoms with Gasteiger partial charge in [-0.25, -0.2) is 4.98 Å². The largest absolute Gasteiger partial charge is 0.389 e. The van der Waals surface area contributed by atoms with Crippen molar-refractivity contribution in [1.29, 1.82) is 0 Å². The molecule has 1 aromatic heterocycles. The minimum absolute atomic E-state index is 0.0319. The quantitative estimate of drug-likeness (QED) is 0.566. The molecule has 15 heavy (non-hydrogen) atoms. The van der Waals surface area contributed by atoms with Gasteiger partial charge in [0, 0.05) is 24.8 Å². The van der Waals surface area contributed by atoms with Gasteiger partial charge in [-0.3, -0.25) is 10.1 Å². The molecule has 1 aromatic rings. The molecule has 0 saturated carbocycles. The van der Waals surface area contributed by atoms with Crippen molar-refractivity contribution < 1.29 is 10.0 Å². The van der Waals surface area contributed by atoms with Crippen LogP contribution in [0, 0.1) is 17.0 Å². The highest BCUT2D eigenvalue weighted by atomic mass is 16.6. The molecule has 2 rings (SSSR count).